The predicted molar refractivity (Wildman–Crippen MR) is 76.6 cm³/mol. The maximum Gasteiger partial charge on any atom is 0.129 e. The Morgan fingerprint density at radius 3 is 2.32 bits per heavy atom. The summed E-state index contributed by atoms with van der Waals surface area (Å²) in [4.78, 5) is 0. The number of aromatic hydroxyl groups is 1. The number of methoxy groups -OCH3 is 2. The van der Waals surface area contributed by atoms with Gasteiger partial charge in [0.2, 0.25) is 0 Å². The van der Waals surface area contributed by atoms with Gasteiger partial charge in [0.05, 0.1) is 14.2 Å². The average Bonchev–Trinajstić information content (AvgIpc) is 2.46. The van der Waals surface area contributed by atoms with Crippen molar-refractivity contribution < 1.29 is 14.6 Å². The third-order valence-corrected chi connectivity index (χ3v) is 2.82. The number of benzene rings is 2. The SMILES string of the molecule is COc1ccc(/C=C/c2ccccc2O)c(OC)c1. The summed E-state index contributed by atoms with van der Waals surface area (Å²) in [5, 5.41) is 9.69. The molecule has 0 saturated heterocycles. The number of para-hydroxylation sites is 1. The van der Waals surface area contributed by atoms with Crippen LogP contribution in [0.25, 0.3) is 12.2 Å². The van der Waals surface area contributed by atoms with Crippen molar-refractivity contribution in [2.75, 3.05) is 14.2 Å². The van der Waals surface area contributed by atoms with E-state index in [1.165, 1.54) is 0 Å². The van der Waals surface area contributed by atoms with Crippen LogP contribution < -0.4 is 9.47 Å². The third kappa shape index (κ3) is 3.07. The molecule has 3 nitrogen and oxygen atoms in total. The fourth-order valence-corrected chi connectivity index (χ4v) is 1.76. The van der Waals surface area contributed by atoms with E-state index in [0.29, 0.717) is 0 Å². The highest BCUT2D eigenvalue weighted by Gasteiger charge is 2.02. The van der Waals surface area contributed by atoms with Crippen LogP contribution in [0, 0.1) is 0 Å². The molecule has 0 atom stereocenters. The minimum absolute atomic E-state index is 0.256. The molecule has 0 bridgehead atoms. The summed E-state index contributed by atoms with van der Waals surface area (Å²) in [5.41, 5.74) is 1.69. The van der Waals surface area contributed by atoms with Gasteiger partial charge in [-0.15, -0.1) is 0 Å². The number of phenolic OH excluding ortho intramolecular Hbond substituents is 1. The Bertz CT molecular complexity index is 588. The standard InChI is InChI=1S/C16H16O3/c1-18-14-10-9-13(16(11-14)19-2)8-7-12-5-3-4-6-15(12)17/h3-11,17H,1-2H3/b8-7+. The zero-order chi connectivity index (χ0) is 13.7. The Labute approximate surface area is 112 Å². The summed E-state index contributed by atoms with van der Waals surface area (Å²) < 4.78 is 10.5. The van der Waals surface area contributed by atoms with E-state index in [1.54, 1.807) is 26.4 Å². The lowest BCUT2D eigenvalue weighted by Crippen LogP contribution is -1.89. The molecule has 0 aromatic heterocycles. The predicted octanol–water partition coefficient (Wildman–Crippen LogP) is 3.58. The van der Waals surface area contributed by atoms with Crippen LogP contribution >= 0.6 is 0 Å². The van der Waals surface area contributed by atoms with Crippen molar-refractivity contribution in [2.24, 2.45) is 0 Å². The summed E-state index contributed by atoms with van der Waals surface area (Å²) in [6.07, 6.45) is 3.74. The number of ether oxygens (including phenoxy) is 2. The molecule has 0 spiro atoms. The molecule has 0 aliphatic heterocycles. The van der Waals surface area contributed by atoms with Gasteiger partial charge in [-0.2, -0.15) is 0 Å². The number of phenols is 1. The van der Waals surface area contributed by atoms with E-state index in [2.05, 4.69) is 0 Å². The van der Waals surface area contributed by atoms with Crippen molar-refractivity contribution in [3.05, 3.63) is 53.6 Å². The van der Waals surface area contributed by atoms with E-state index in [9.17, 15) is 5.11 Å². The first-order valence-corrected chi connectivity index (χ1v) is 5.92. The van der Waals surface area contributed by atoms with Gasteiger partial charge >= 0.3 is 0 Å². The second kappa shape index (κ2) is 5.96. The van der Waals surface area contributed by atoms with E-state index in [-0.39, 0.29) is 5.75 Å². The Hall–Kier alpha value is -2.42. The molecule has 2 aromatic rings. The van der Waals surface area contributed by atoms with E-state index in [4.69, 9.17) is 9.47 Å². The molecular formula is C16H16O3. The first-order valence-electron chi connectivity index (χ1n) is 5.92. The summed E-state index contributed by atoms with van der Waals surface area (Å²) in [5.74, 6) is 1.73. The minimum atomic E-state index is 0.256. The summed E-state index contributed by atoms with van der Waals surface area (Å²) in [7, 11) is 3.23. The van der Waals surface area contributed by atoms with Crippen LogP contribution in [0.1, 0.15) is 11.1 Å². The molecule has 3 heteroatoms. The van der Waals surface area contributed by atoms with Crippen molar-refractivity contribution in [3.63, 3.8) is 0 Å². The van der Waals surface area contributed by atoms with Crippen molar-refractivity contribution in [1.82, 2.24) is 0 Å². The number of hydrogen-bond acceptors (Lipinski definition) is 3. The molecule has 98 valence electrons. The summed E-state index contributed by atoms with van der Waals surface area (Å²) in [6, 6.07) is 12.8. The number of hydrogen-bond donors (Lipinski definition) is 1. The van der Waals surface area contributed by atoms with Gasteiger partial charge in [0.25, 0.3) is 0 Å². The fourth-order valence-electron chi connectivity index (χ4n) is 1.76. The molecule has 1 N–H and O–H groups in total. The zero-order valence-corrected chi connectivity index (χ0v) is 11.0. The highest BCUT2D eigenvalue weighted by molar-refractivity contribution is 5.75. The van der Waals surface area contributed by atoms with Gasteiger partial charge in [-0.05, 0) is 18.2 Å². The lowest BCUT2D eigenvalue weighted by atomic mass is 10.1. The highest BCUT2D eigenvalue weighted by atomic mass is 16.5. The molecule has 2 aromatic carbocycles. The maximum atomic E-state index is 9.69. The van der Waals surface area contributed by atoms with Crippen LogP contribution in [-0.4, -0.2) is 19.3 Å². The molecule has 0 aliphatic rings. The first-order chi connectivity index (χ1) is 9.24. The number of rotatable bonds is 4. The molecular weight excluding hydrogens is 240 g/mol. The van der Waals surface area contributed by atoms with Crippen LogP contribution in [0.2, 0.25) is 0 Å². The molecule has 0 heterocycles. The summed E-state index contributed by atoms with van der Waals surface area (Å²) >= 11 is 0. The normalized spacial score (nSPS) is 10.6. The Morgan fingerprint density at radius 2 is 1.63 bits per heavy atom. The van der Waals surface area contributed by atoms with Crippen LogP contribution in [0.3, 0.4) is 0 Å². The average molecular weight is 256 g/mol. The van der Waals surface area contributed by atoms with Gasteiger partial charge in [-0.3, -0.25) is 0 Å². The molecule has 19 heavy (non-hydrogen) atoms. The van der Waals surface area contributed by atoms with Crippen molar-refractivity contribution in [2.45, 2.75) is 0 Å². The van der Waals surface area contributed by atoms with Crippen molar-refractivity contribution in [3.8, 4) is 17.2 Å². The van der Waals surface area contributed by atoms with Crippen LogP contribution in [0.15, 0.2) is 42.5 Å². The molecule has 0 saturated carbocycles. The smallest absolute Gasteiger partial charge is 0.129 e. The first kappa shape index (κ1) is 13.0. The monoisotopic (exact) mass is 256 g/mol. The van der Waals surface area contributed by atoms with E-state index < -0.39 is 0 Å². The van der Waals surface area contributed by atoms with Gasteiger partial charge < -0.3 is 14.6 Å². The van der Waals surface area contributed by atoms with Gasteiger partial charge in [0, 0.05) is 17.2 Å². The third-order valence-electron chi connectivity index (χ3n) is 2.82. The summed E-state index contributed by atoms with van der Waals surface area (Å²) in [6.45, 7) is 0. The van der Waals surface area contributed by atoms with Crippen molar-refractivity contribution in [1.29, 1.82) is 0 Å². The molecule has 0 aliphatic carbocycles. The maximum absolute atomic E-state index is 9.69. The molecule has 0 unspecified atom stereocenters. The quantitative estimate of drug-likeness (QED) is 0.850. The highest BCUT2D eigenvalue weighted by Crippen LogP contribution is 2.27. The van der Waals surface area contributed by atoms with E-state index in [1.807, 2.05) is 42.5 Å². The van der Waals surface area contributed by atoms with Crippen molar-refractivity contribution >= 4 is 12.2 Å². The van der Waals surface area contributed by atoms with Gasteiger partial charge in [0.1, 0.15) is 17.2 Å². The van der Waals surface area contributed by atoms with Gasteiger partial charge in [-0.25, -0.2) is 0 Å². The Balaban J connectivity index is 2.30. The second-order valence-electron chi connectivity index (χ2n) is 4.00. The molecule has 2 rings (SSSR count). The lowest BCUT2D eigenvalue weighted by molar-refractivity contribution is 0.394. The zero-order valence-electron chi connectivity index (χ0n) is 11.0. The largest absolute Gasteiger partial charge is 0.507 e. The lowest BCUT2D eigenvalue weighted by Gasteiger charge is -2.07. The van der Waals surface area contributed by atoms with E-state index in [0.717, 1.165) is 22.6 Å². The fraction of sp³-hybridized carbons (Fsp3) is 0.125. The van der Waals surface area contributed by atoms with Crippen LogP contribution in [0.4, 0.5) is 0 Å². The molecule has 0 radical (unpaired) electrons. The molecule has 0 amide bonds. The minimum Gasteiger partial charge on any atom is -0.507 e. The second-order valence-corrected chi connectivity index (χ2v) is 4.00. The van der Waals surface area contributed by atoms with Gasteiger partial charge in [0.15, 0.2) is 0 Å². The Morgan fingerprint density at radius 1 is 0.895 bits per heavy atom. The van der Waals surface area contributed by atoms with Gasteiger partial charge in [-0.1, -0.05) is 30.4 Å². The van der Waals surface area contributed by atoms with Crippen LogP contribution in [0.5, 0.6) is 17.2 Å². The topological polar surface area (TPSA) is 38.7 Å². The van der Waals surface area contributed by atoms with E-state index >= 15 is 0 Å². The molecule has 0 fully saturated rings. The van der Waals surface area contributed by atoms with Crippen LogP contribution in [-0.2, 0) is 0 Å². The Kier molecular flexibility index (Phi) is 4.08.